The monoisotopic (exact) mass is 207 g/mol. The van der Waals surface area contributed by atoms with Crippen LogP contribution in [-0.4, -0.2) is 19.1 Å². The molecule has 1 aromatic rings. The second-order valence-electron chi connectivity index (χ2n) is 3.51. The molecule has 1 aliphatic carbocycles. The van der Waals surface area contributed by atoms with Crippen molar-refractivity contribution in [2.45, 2.75) is 18.9 Å². The van der Waals surface area contributed by atoms with Gasteiger partial charge in [-0.15, -0.1) is 0 Å². The molecule has 2 N–H and O–H groups in total. The standard InChI is InChI=1S/C11H13NO3/c1-14-8-3-2-4-9(10(8)11(12)13)15-7-5-6-7/h2-4,7H,5-6H2,1H3,(H2,12,13). The number of amides is 1. The fourth-order valence-electron chi connectivity index (χ4n) is 1.39. The maximum absolute atomic E-state index is 11.3. The first-order valence-corrected chi connectivity index (χ1v) is 4.86. The van der Waals surface area contributed by atoms with Crippen LogP contribution in [0.3, 0.4) is 0 Å². The van der Waals surface area contributed by atoms with Crippen LogP contribution in [0, 0.1) is 0 Å². The number of benzene rings is 1. The van der Waals surface area contributed by atoms with Crippen LogP contribution in [0.25, 0.3) is 0 Å². The summed E-state index contributed by atoms with van der Waals surface area (Å²) in [5.74, 6) is 0.452. The summed E-state index contributed by atoms with van der Waals surface area (Å²) in [6.45, 7) is 0. The first-order chi connectivity index (χ1) is 7.22. The highest BCUT2D eigenvalue weighted by Gasteiger charge is 2.26. The second-order valence-corrected chi connectivity index (χ2v) is 3.51. The molecule has 0 heterocycles. The molecule has 0 bridgehead atoms. The van der Waals surface area contributed by atoms with Crippen LogP contribution in [0.15, 0.2) is 18.2 Å². The third-order valence-corrected chi connectivity index (χ3v) is 2.27. The van der Waals surface area contributed by atoms with Crippen molar-refractivity contribution in [3.8, 4) is 11.5 Å². The van der Waals surface area contributed by atoms with E-state index in [0.29, 0.717) is 17.1 Å². The molecule has 0 saturated heterocycles. The Morgan fingerprint density at radius 1 is 1.40 bits per heavy atom. The third kappa shape index (κ3) is 2.03. The molecule has 15 heavy (non-hydrogen) atoms. The van der Waals surface area contributed by atoms with Crippen molar-refractivity contribution in [3.05, 3.63) is 23.8 Å². The number of nitrogens with two attached hydrogens (primary N) is 1. The smallest absolute Gasteiger partial charge is 0.256 e. The molecule has 1 aromatic carbocycles. The molecule has 0 spiro atoms. The molecule has 4 heteroatoms. The fraction of sp³-hybridized carbons (Fsp3) is 0.364. The molecule has 0 unspecified atom stereocenters. The summed E-state index contributed by atoms with van der Waals surface area (Å²) in [5.41, 5.74) is 5.61. The van der Waals surface area contributed by atoms with E-state index in [0.717, 1.165) is 12.8 Å². The number of hydrogen-bond donors (Lipinski definition) is 1. The van der Waals surface area contributed by atoms with Crippen molar-refractivity contribution >= 4 is 5.91 Å². The number of ether oxygens (including phenoxy) is 2. The van der Waals surface area contributed by atoms with Gasteiger partial charge in [0, 0.05) is 0 Å². The van der Waals surface area contributed by atoms with E-state index < -0.39 is 5.91 Å². The van der Waals surface area contributed by atoms with Crippen LogP contribution in [0.5, 0.6) is 11.5 Å². The van der Waals surface area contributed by atoms with Crippen molar-refractivity contribution in [3.63, 3.8) is 0 Å². The predicted octanol–water partition coefficient (Wildman–Crippen LogP) is 1.34. The molecular formula is C11H13NO3. The number of hydrogen-bond acceptors (Lipinski definition) is 3. The van der Waals surface area contributed by atoms with Gasteiger partial charge < -0.3 is 15.2 Å². The Morgan fingerprint density at radius 2 is 2.07 bits per heavy atom. The van der Waals surface area contributed by atoms with E-state index in [9.17, 15) is 4.79 Å². The Bertz CT molecular complexity index is 385. The first-order valence-electron chi connectivity index (χ1n) is 4.86. The number of carbonyl (C=O) groups excluding carboxylic acids is 1. The van der Waals surface area contributed by atoms with Gasteiger partial charge in [-0.3, -0.25) is 4.79 Å². The molecule has 1 aliphatic rings. The summed E-state index contributed by atoms with van der Waals surface area (Å²) >= 11 is 0. The van der Waals surface area contributed by atoms with Crippen LogP contribution >= 0.6 is 0 Å². The molecule has 1 fully saturated rings. The molecule has 1 amide bonds. The number of primary amides is 1. The molecule has 0 aliphatic heterocycles. The van der Waals surface area contributed by atoms with Gasteiger partial charge in [-0.25, -0.2) is 0 Å². The highest BCUT2D eigenvalue weighted by molar-refractivity contribution is 5.98. The summed E-state index contributed by atoms with van der Waals surface area (Å²) in [6.07, 6.45) is 2.31. The van der Waals surface area contributed by atoms with Crippen LogP contribution < -0.4 is 15.2 Å². The molecule has 80 valence electrons. The van der Waals surface area contributed by atoms with Gasteiger partial charge in [0.2, 0.25) is 0 Å². The van der Waals surface area contributed by atoms with Gasteiger partial charge in [-0.05, 0) is 25.0 Å². The molecule has 0 radical (unpaired) electrons. The van der Waals surface area contributed by atoms with E-state index in [2.05, 4.69) is 0 Å². The van der Waals surface area contributed by atoms with E-state index >= 15 is 0 Å². The van der Waals surface area contributed by atoms with Crippen LogP contribution in [-0.2, 0) is 0 Å². The van der Waals surface area contributed by atoms with E-state index in [1.807, 2.05) is 0 Å². The average Bonchev–Trinajstić information content (AvgIpc) is 3.01. The zero-order chi connectivity index (χ0) is 10.8. The van der Waals surface area contributed by atoms with E-state index in [-0.39, 0.29) is 6.10 Å². The van der Waals surface area contributed by atoms with E-state index in [4.69, 9.17) is 15.2 Å². The van der Waals surface area contributed by atoms with Gasteiger partial charge >= 0.3 is 0 Å². The van der Waals surface area contributed by atoms with Crippen molar-refractivity contribution in [1.29, 1.82) is 0 Å². The Hall–Kier alpha value is -1.71. The van der Waals surface area contributed by atoms with Gasteiger partial charge in [0.05, 0.1) is 13.2 Å². The van der Waals surface area contributed by atoms with Gasteiger partial charge in [-0.2, -0.15) is 0 Å². The second kappa shape index (κ2) is 3.81. The lowest BCUT2D eigenvalue weighted by Crippen LogP contribution is -2.15. The van der Waals surface area contributed by atoms with E-state index in [1.54, 1.807) is 18.2 Å². The maximum atomic E-state index is 11.3. The van der Waals surface area contributed by atoms with Crippen LogP contribution in [0.4, 0.5) is 0 Å². The van der Waals surface area contributed by atoms with Gasteiger partial charge in [0.25, 0.3) is 5.91 Å². The quantitative estimate of drug-likeness (QED) is 0.810. The maximum Gasteiger partial charge on any atom is 0.256 e. The summed E-state index contributed by atoms with van der Waals surface area (Å²) in [6, 6.07) is 5.21. The number of rotatable bonds is 4. The van der Waals surface area contributed by atoms with Crippen LogP contribution in [0.2, 0.25) is 0 Å². The number of methoxy groups -OCH3 is 1. The summed E-state index contributed by atoms with van der Waals surface area (Å²) in [7, 11) is 1.50. The summed E-state index contributed by atoms with van der Waals surface area (Å²) < 4.78 is 10.6. The van der Waals surface area contributed by atoms with Crippen molar-refractivity contribution in [2.24, 2.45) is 5.73 Å². The Morgan fingerprint density at radius 3 is 2.60 bits per heavy atom. The molecule has 0 atom stereocenters. The Balaban J connectivity index is 2.37. The van der Waals surface area contributed by atoms with Crippen molar-refractivity contribution in [1.82, 2.24) is 0 Å². The van der Waals surface area contributed by atoms with E-state index in [1.165, 1.54) is 7.11 Å². The molecule has 4 nitrogen and oxygen atoms in total. The van der Waals surface area contributed by atoms with Gasteiger partial charge in [-0.1, -0.05) is 6.07 Å². The normalized spacial score (nSPS) is 14.7. The lowest BCUT2D eigenvalue weighted by atomic mass is 10.1. The van der Waals surface area contributed by atoms with Gasteiger partial charge in [0.15, 0.2) is 0 Å². The lowest BCUT2D eigenvalue weighted by Gasteiger charge is -2.11. The van der Waals surface area contributed by atoms with Crippen molar-refractivity contribution < 1.29 is 14.3 Å². The topological polar surface area (TPSA) is 61.6 Å². The SMILES string of the molecule is COc1cccc(OC2CC2)c1C(N)=O. The highest BCUT2D eigenvalue weighted by Crippen LogP contribution is 2.33. The molecular weight excluding hydrogens is 194 g/mol. The predicted molar refractivity (Wildman–Crippen MR) is 55.2 cm³/mol. The lowest BCUT2D eigenvalue weighted by molar-refractivity contribution is 0.0993. The molecule has 0 aromatic heterocycles. The summed E-state index contributed by atoms with van der Waals surface area (Å²) in [4.78, 5) is 11.3. The minimum absolute atomic E-state index is 0.232. The highest BCUT2D eigenvalue weighted by atomic mass is 16.5. The Labute approximate surface area is 88.0 Å². The number of carbonyl (C=O) groups is 1. The summed E-state index contributed by atoms with van der Waals surface area (Å²) in [5, 5.41) is 0. The first kappa shape index (κ1) is 9.83. The molecule has 1 saturated carbocycles. The minimum Gasteiger partial charge on any atom is -0.496 e. The zero-order valence-corrected chi connectivity index (χ0v) is 8.53. The molecule has 2 rings (SSSR count). The van der Waals surface area contributed by atoms with Gasteiger partial charge in [0.1, 0.15) is 17.1 Å². The van der Waals surface area contributed by atoms with Crippen molar-refractivity contribution in [2.75, 3.05) is 7.11 Å². The van der Waals surface area contributed by atoms with Crippen LogP contribution in [0.1, 0.15) is 23.2 Å². The zero-order valence-electron chi connectivity index (χ0n) is 8.53. The average molecular weight is 207 g/mol. The largest absolute Gasteiger partial charge is 0.496 e. The minimum atomic E-state index is -0.525. The third-order valence-electron chi connectivity index (χ3n) is 2.27. The Kier molecular flexibility index (Phi) is 2.49. The fourth-order valence-corrected chi connectivity index (χ4v) is 1.39.